The molecule has 0 atom stereocenters. The third-order valence-corrected chi connectivity index (χ3v) is 5.33. The number of nitrogens with one attached hydrogen (secondary N) is 1. The van der Waals surface area contributed by atoms with E-state index in [1.807, 2.05) is 42.5 Å². The number of pyridine rings is 2. The van der Waals surface area contributed by atoms with Crippen molar-refractivity contribution in [1.29, 1.82) is 0 Å². The van der Waals surface area contributed by atoms with Crippen molar-refractivity contribution in [3.63, 3.8) is 0 Å². The Morgan fingerprint density at radius 1 is 1.23 bits per heavy atom. The summed E-state index contributed by atoms with van der Waals surface area (Å²) in [6, 6.07) is 13.6. The van der Waals surface area contributed by atoms with Crippen molar-refractivity contribution in [2.45, 2.75) is 19.8 Å². The second-order valence-electron chi connectivity index (χ2n) is 6.12. The van der Waals surface area contributed by atoms with E-state index in [0.29, 0.717) is 16.3 Å². The molecule has 3 aromatic heterocycles. The molecule has 0 saturated heterocycles. The molecule has 0 aliphatic carbocycles. The number of nitrogens with zero attached hydrogens (tertiary/aromatic N) is 2. The fourth-order valence-corrected chi connectivity index (χ4v) is 3.93. The molecule has 0 spiro atoms. The smallest absolute Gasteiger partial charge is 0.267 e. The van der Waals surface area contributed by atoms with Crippen molar-refractivity contribution in [1.82, 2.24) is 9.97 Å². The van der Waals surface area contributed by atoms with Crippen LogP contribution in [0, 0.1) is 0 Å². The first-order chi connectivity index (χ1) is 12.7. The van der Waals surface area contributed by atoms with Gasteiger partial charge in [-0.2, -0.15) is 0 Å². The average molecular weight is 362 g/mol. The summed E-state index contributed by atoms with van der Waals surface area (Å²) in [5.41, 5.74) is 9.23. The van der Waals surface area contributed by atoms with Gasteiger partial charge in [0, 0.05) is 16.5 Å². The fraction of sp³-hybridized carbons (Fsp3) is 0.150. The highest BCUT2D eigenvalue weighted by Crippen LogP contribution is 2.33. The van der Waals surface area contributed by atoms with Crippen molar-refractivity contribution in [3.05, 3.63) is 59.2 Å². The normalized spacial score (nSPS) is 11.1. The largest absolute Gasteiger partial charge is 0.397 e. The number of anilines is 2. The van der Waals surface area contributed by atoms with Crippen LogP contribution in [0.2, 0.25) is 0 Å². The van der Waals surface area contributed by atoms with Gasteiger partial charge >= 0.3 is 0 Å². The van der Waals surface area contributed by atoms with Crippen LogP contribution < -0.4 is 11.1 Å². The number of amides is 1. The number of rotatable bonds is 4. The van der Waals surface area contributed by atoms with Gasteiger partial charge in [0.15, 0.2) is 0 Å². The number of fused-ring (bicyclic) bond motifs is 2. The molecule has 0 fully saturated rings. The Bertz CT molecular complexity index is 1120. The Balaban J connectivity index is 1.65. The zero-order valence-corrected chi connectivity index (χ0v) is 15.1. The van der Waals surface area contributed by atoms with Gasteiger partial charge in [-0.1, -0.05) is 31.5 Å². The zero-order valence-electron chi connectivity index (χ0n) is 14.3. The highest BCUT2D eigenvalue weighted by atomic mass is 32.1. The van der Waals surface area contributed by atoms with Crippen LogP contribution in [0.25, 0.3) is 21.1 Å². The van der Waals surface area contributed by atoms with E-state index >= 15 is 0 Å². The number of aromatic nitrogens is 2. The van der Waals surface area contributed by atoms with Crippen LogP contribution in [0.15, 0.2) is 48.7 Å². The van der Waals surface area contributed by atoms with Crippen molar-refractivity contribution >= 4 is 49.7 Å². The van der Waals surface area contributed by atoms with E-state index in [1.165, 1.54) is 11.3 Å². The second-order valence-corrected chi connectivity index (χ2v) is 7.12. The molecule has 6 heteroatoms. The third-order valence-electron chi connectivity index (χ3n) is 4.21. The first-order valence-electron chi connectivity index (χ1n) is 8.49. The first kappa shape index (κ1) is 16.5. The number of benzene rings is 1. The summed E-state index contributed by atoms with van der Waals surface area (Å²) in [5.74, 6) is -0.236. The van der Waals surface area contributed by atoms with Gasteiger partial charge in [-0.3, -0.25) is 9.78 Å². The maximum Gasteiger partial charge on any atom is 0.267 e. The van der Waals surface area contributed by atoms with Crippen LogP contribution in [0.4, 0.5) is 11.4 Å². The van der Waals surface area contributed by atoms with Gasteiger partial charge in [-0.05, 0) is 30.7 Å². The molecular weight excluding hydrogens is 344 g/mol. The topological polar surface area (TPSA) is 80.9 Å². The highest BCUT2D eigenvalue weighted by Gasteiger charge is 2.18. The summed E-state index contributed by atoms with van der Waals surface area (Å²) in [6.07, 6.45) is 3.60. The number of hydrogen-bond donors (Lipinski definition) is 2. The Hall–Kier alpha value is -2.99. The minimum absolute atomic E-state index is 0.236. The van der Waals surface area contributed by atoms with Gasteiger partial charge in [0.2, 0.25) is 0 Å². The lowest BCUT2D eigenvalue weighted by molar-refractivity contribution is 0.103. The lowest BCUT2D eigenvalue weighted by Crippen LogP contribution is -2.12. The summed E-state index contributed by atoms with van der Waals surface area (Å²) in [5, 5.41) is 4.70. The maximum absolute atomic E-state index is 12.7. The van der Waals surface area contributed by atoms with E-state index in [1.54, 1.807) is 6.20 Å². The van der Waals surface area contributed by atoms with Crippen LogP contribution in [0.5, 0.6) is 0 Å². The standard InChI is InChI=1S/C20H18N4OS/c1-2-5-13-8-9-15-17(21)18(26-20(15)24-13)19(25)23-14-10-12-6-3-4-7-16(12)22-11-14/h3-4,6-11H,2,5,21H2,1H3,(H,23,25). The molecule has 0 aliphatic heterocycles. The number of thiophene rings is 1. The Morgan fingerprint density at radius 2 is 2.08 bits per heavy atom. The van der Waals surface area contributed by atoms with Crippen molar-refractivity contribution in [2.24, 2.45) is 0 Å². The number of nitrogens with two attached hydrogens (primary N) is 1. The minimum Gasteiger partial charge on any atom is -0.397 e. The number of carbonyl (C=O) groups is 1. The maximum atomic E-state index is 12.7. The molecule has 5 nitrogen and oxygen atoms in total. The van der Waals surface area contributed by atoms with Crippen LogP contribution in [0.1, 0.15) is 28.7 Å². The van der Waals surface area contributed by atoms with Crippen LogP contribution >= 0.6 is 11.3 Å². The van der Waals surface area contributed by atoms with Crippen LogP contribution in [-0.2, 0) is 6.42 Å². The molecule has 1 aromatic carbocycles. The fourth-order valence-electron chi connectivity index (χ4n) is 2.93. The van der Waals surface area contributed by atoms with E-state index in [-0.39, 0.29) is 5.91 Å². The lowest BCUT2D eigenvalue weighted by atomic mass is 10.2. The predicted octanol–water partition coefficient (Wildman–Crippen LogP) is 4.63. The molecule has 4 aromatic rings. The molecule has 0 unspecified atom stereocenters. The predicted molar refractivity (Wildman–Crippen MR) is 108 cm³/mol. The molecule has 1 amide bonds. The number of hydrogen-bond acceptors (Lipinski definition) is 5. The molecule has 3 N–H and O–H groups in total. The Kier molecular flexibility index (Phi) is 4.26. The van der Waals surface area contributed by atoms with Gasteiger partial charge in [-0.25, -0.2) is 4.98 Å². The summed E-state index contributed by atoms with van der Waals surface area (Å²) >= 11 is 1.33. The minimum atomic E-state index is -0.236. The molecule has 130 valence electrons. The summed E-state index contributed by atoms with van der Waals surface area (Å²) in [6.45, 7) is 2.12. The molecular formula is C20H18N4OS. The molecule has 4 rings (SSSR count). The van der Waals surface area contributed by atoms with Gasteiger partial charge in [-0.15, -0.1) is 11.3 Å². The second kappa shape index (κ2) is 6.72. The van der Waals surface area contributed by atoms with Gasteiger partial charge in [0.1, 0.15) is 9.71 Å². The Labute approximate surface area is 154 Å². The van der Waals surface area contributed by atoms with E-state index < -0.39 is 0 Å². The number of para-hydroxylation sites is 1. The lowest BCUT2D eigenvalue weighted by Gasteiger charge is -2.05. The van der Waals surface area contributed by atoms with E-state index in [9.17, 15) is 4.79 Å². The molecule has 3 heterocycles. The Morgan fingerprint density at radius 3 is 2.92 bits per heavy atom. The molecule has 0 bridgehead atoms. The monoisotopic (exact) mass is 362 g/mol. The number of carbonyl (C=O) groups excluding carboxylic acids is 1. The van der Waals surface area contributed by atoms with Crippen molar-refractivity contribution < 1.29 is 4.79 Å². The summed E-state index contributed by atoms with van der Waals surface area (Å²) < 4.78 is 0. The van der Waals surface area contributed by atoms with Crippen molar-refractivity contribution in [3.8, 4) is 0 Å². The summed E-state index contributed by atoms with van der Waals surface area (Å²) in [7, 11) is 0. The van der Waals surface area contributed by atoms with Gasteiger partial charge < -0.3 is 11.1 Å². The van der Waals surface area contributed by atoms with Gasteiger partial charge in [0.05, 0.1) is 23.1 Å². The quantitative estimate of drug-likeness (QED) is 0.554. The van der Waals surface area contributed by atoms with Crippen LogP contribution in [-0.4, -0.2) is 15.9 Å². The SMILES string of the molecule is CCCc1ccc2c(N)c(C(=O)Nc3cnc4ccccc4c3)sc2n1. The molecule has 26 heavy (non-hydrogen) atoms. The van der Waals surface area contributed by atoms with Crippen molar-refractivity contribution in [2.75, 3.05) is 11.1 Å². The van der Waals surface area contributed by atoms with E-state index in [4.69, 9.17) is 5.73 Å². The summed E-state index contributed by atoms with van der Waals surface area (Å²) in [4.78, 5) is 23.0. The molecule has 0 aliphatic rings. The van der Waals surface area contributed by atoms with E-state index in [2.05, 4.69) is 22.2 Å². The average Bonchev–Trinajstić information content (AvgIpc) is 2.98. The van der Waals surface area contributed by atoms with Gasteiger partial charge in [0.25, 0.3) is 5.91 Å². The first-order valence-corrected chi connectivity index (χ1v) is 9.31. The number of nitrogen functional groups attached to an aromatic ring is 1. The zero-order chi connectivity index (χ0) is 18.1. The highest BCUT2D eigenvalue weighted by molar-refractivity contribution is 7.21. The molecule has 0 radical (unpaired) electrons. The number of aryl methyl sites for hydroxylation is 1. The third kappa shape index (κ3) is 2.99. The molecule has 0 saturated carbocycles. The van der Waals surface area contributed by atoms with Crippen LogP contribution in [0.3, 0.4) is 0 Å². The van der Waals surface area contributed by atoms with E-state index in [0.717, 1.165) is 39.7 Å².